The summed E-state index contributed by atoms with van der Waals surface area (Å²) in [5.41, 5.74) is 5.01. The molecule has 0 aliphatic carbocycles. The van der Waals surface area contributed by atoms with E-state index in [1.165, 1.54) is 22.4 Å². The quantitative estimate of drug-likeness (QED) is 0.772. The number of rotatable bonds is 8. The predicted octanol–water partition coefficient (Wildman–Crippen LogP) is 2.90. The Morgan fingerprint density at radius 2 is 2.07 bits per heavy atom. The molecule has 0 saturated carbocycles. The smallest absolute Gasteiger partial charge is 0.123 e. The first-order valence-electron chi connectivity index (χ1n) is 9.84. The summed E-state index contributed by atoms with van der Waals surface area (Å²) in [6.45, 7) is 12.7. The minimum atomic E-state index is 0.259. The van der Waals surface area contributed by atoms with Crippen molar-refractivity contribution in [3.05, 3.63) is 46.8 Å². The standard InChI is InChI=1S/C21H32N4O2/c1-5-25-17(3)20(14-23-25)16(2)22-13-18-6-7-21(26-4)19(12-18)15-24-8-10-27-11-9-24/h6-7,12,14,16,22H,5,8-11,13,15H2,1-4H3. The summed E-state index contributed by atoms with van der Waals surface area (Å²) in [6, 6.07) is 6.74. The molecule has 1 saturated heterocycles. The maximum absolute atomic E-state index is 5.58. The van der Waals surface area contributed by atoms with Gasteiger partial charge in [-0.1, -0.05) is 6.07 Å². The zero-order valence-electron chi connectivity index (χ0n) is 17.0. The number of nitrogens with zero attached hydrogens (tertiary/aromatic N) is 3. The minimum Gasteiger partial charge on any atom is -0.496 e. The van der Waals surface area contributed by atoms with Crippen molar-refractivity contribution in [1.29, 1.82) is 0 Å². The second-order valence-electron chi connectivity index (χ2n) is 7.14. The molecule has 1 aromatic heterocycles. The van der Waals surface area contributed by atoms with E-state index >= 15 is 0 Å². The molecule has 1 N–H and O–H groups in total. The first-order valence-corrected chi connectivity index (χ1v) is 9.84. The second kappa shape index (κ2) is 9.35. The van der Waals surface area contributed by atoms with E-state index in [2.05, 4.69) is 54.3 Å². The number of methoxy groups -OCH3 is 1. The van der Waals surface area contributed by atoms with E-state index in [0.717, 1.165) is 51.7 Å². The number of aryl methyl sites for hydroxylation is 1. The average molecular weight is 373 g/mol. The number of morpholine rings is 1. The molecule has 2 heterocycles. The van der Waals surface area contributed by atoms with Gasteiger partial charge in [-0.25, -0.2) is 0 Å². The zero-order valence-corrected chi connectivity index (χ0v) is 17.0. The third kappa shape index (κ3) is 4.89. The van der Waals surface area contributed by atoms with Crippen LogP contribution in [0, 0.1) is 6.92 Å². The third-order valence-electron chi connectivity index (χ3n) is 5.36. The van der Waals surface area contributed by atoms with E-state index in [9.17, 15) is 0 Å². The molecule has 1 aromatic carbocycles. The van der Waals surface area contributed by atoms with Gasteiger partial charge in [-0.3, -0.25) is 9.58 Å². The van der Waals surface area contributed by atoms with Gasteiger partial charge >= 0.3 is 0 Å². The molecule has 27 heavy (non-hydrogen) atoms. The van der Waals surface area contributed by atoms with Crippen LogP contribution in [0.3, 0.4) is 0 Å². The van der Waals surface area contributed by atoms with Crippen molar-refractivity contribution in [1.82, 2.24) is 20.0 Å². The fraction of sp³-hybridized carbons (Fsp3) is 0.571. The summed E-state index contributed by atoms with van der Waals surface area (Å²) in [5.74, 6) is 0.957. The summed E-state index contributed by atoms with van der Waals surface area (Å²) in [4.78, 5) is 2.42. The van der Waals surface area contributed by atoms with Gasteiger partial charge in [0.15, 0.2) is 0 Å². The van der Waals surface area contributed by atoms with E-state index in [1.54, 1.807) is 7.11 Å². The van der Waals surface area contributed by atoms with Gasteiger partial charge in [-0.05, 0) is 38.5 Å². The molecule has 1 aliphatic rings. The highest BCUT2D eigenvalue weighted by molar-refractivity contribution is 5.37. The Bertz CT molecular complexity index is 738. The predicted molar refractivity (Wildman–Crippen MR) is 107 cm³/mol. The molecule has 1 atom stereocenters. The molecular formula is C21H32N4O2. The fourth-order valence-electron chi connectivity index (χ4n) is 3.65. The Morgan fingerprint density at radius 1 is 1.30 bits per heavy atom. The van der Waals surface area contributed by atoms with Gasteiger partial charge in [0, 0.05) is 55.6 Å². The molecule has 1 fully saturated rings. The lowest BCUT2D eigenvalue weighted by atomic mass is 10.1. The number of aromatic nitrogens is 2. The number of ether oxygens (including phenoxy) is 2. The fourth-order valence-corrected chi connectivity index (χ4v) is 3.65. The van der Waals surface area contributed by atoms with Crippen LogP contribution in [0.4, 0.5) is 0 Å². The maximum atomic E-state index is 5.58. The van der Waals surface area contributed by atoms with E-state index in [4.69, 9.17) is 9.47 Å². The Balaban J connectivity index is 1.65. The Labute approximate surface area is 162 Å². The Hall–Kier alpha value is -1.89. The average Bonchev–Trinajstić information content (AvgIpc) is 3.07. The lowest BCUT2D eigenvalue weighted by Gasteiger charge is -2.27. The molecule has 0 bridgehead atoms. The van der Waals surface area contributed by atoms with Crippen molar-refractivity contribution in [2.75, 3.05) is 33.4 Å². The molecule has 6 heteroatoms. The largest absolute Gasteiger partial charge is 0.496 e. The summed E-state index contributed by atoms with van der Waals surface area (Å²) in [5, 5.41) is 8.09. The number of hydrogen-bond donors (Lipinski definition) is 1. The highest BCUT2D eigenvalue weighted by Crippen LogP contribution is 2.23. The van der Waals surface area contributed by atoms with Gasteiger partial charge in [0.2, 0.25) is 0 Å². The van der Waals surface area contributed by atoms with Gasteiger partial charge in [-0.2, -0.15) is 5.10 Å². The van der Waals surface area contributed by atoms with Crippen molar-refractivity contribution in [3.63, 3.8) is 0 Å². The van der Waals surface area contributed by atoms with Crippen LogP contribution in [0.15, 0.2) is 24.4 Å². The molecule has 0 radical (unpaired) electrons. The van der Waals surface area contributed by atoms with Crippen LogP contribution < -0.4 is 10.1 Å². The maximum Gasteiger partial charge on any atom is 0.123 e. The van der Waals surface area contributed by atoms with Crippen molar-refractivity contribution in [2.45, 2.75) is 46.4 Å². The lowest BCUT2D eigenvalue weighted by molar-refractivity contribution is 0.0339. The van der Waals surface area contributed by atoms with Crippen LogP contribution in [-0.2, 0) is 24.4 Å². The Morgan fingerprint density at radius 3 is 2.74 bits per heavy atom. The van der Waals surface area contributed by atoms with Gasteiger partial charge in [0.25, 0.3) is 0 Å². The number of nitrogens with one attached hydrogen (secondary N) is 1. The summed E-state index contributed by atoms with van der Waals surface area (Å²) in [6.07, 6.45) is 1.98. The van der Waals surface area contributed by atoms with Gasteiger partial charge in [0.05, 0.1) is 26.5 Å². The molecule has 1 aliphatic heterocycles. The highest BCUT2D eigenvalue weighted by Gasteiger charge is 2.15. The topological polar surface area (TPSA) is 51.5 Å². The summed E-state index contributed by atoms with van der Waals surface area (Å²) >= 11 is 0. The first-order chi connectivity index (χ1) is 13.1. The van der Waals surface area contributed by atoms with Gasteiger partial charge < -0.3 is 14.8 Å². The van der Waals surface area contributed by atoms with Crippen LogP contribution in [0.1, 0.15) is 42.3 Å². The van der Waals surface area contributed by atoms with E-state index in [1.807, 2.05) is 10.9 Å². The molecular weight excluding hydrogens is 340 g/mol. The second-order valence-corrected chi connectivity index (χ2v) is 7.14. The molecule has 0 spiro atoms. The van der Waals surface area contributed by atoms with Crippen LogP contribution >= 0.6 is 0 Å². The van der Waals surface area contributed by atoms with Crippen LogP contribution in [0.5, 0.6) is 5.75 Å². The SMILES string of the molecule is CCn1ncc(C(C)NCc2ccc(OC)c(CN3CCOCC3)c2)c1C. The molecule has 6 nitrogen and oxygen atoms in total. The van der Waals surface area contributed by atoms with Crippen LogP contribution in [0.2, 0.25) is 0 Å². The number of hydrogen-bond acceptors (Lipinski definition) is 5. The van der Waals surface area contributed by atoms with Crippen LogP contribution in [-0.4, -0.2) is 48.1 Å². The van der Waals surface area contributed by atoms with Gasteiger partial charge in [0.1, 0.15) is 5.75 Å². The van der Waals surface area contributed by atoms with E-state index < -0.39 is 0 Å². The highest BCUT2D eigenvalue weighted by atomic mass is 16.5. The van der Waals surface area contributed by atoms with Crippen molar-refractivity contribution >= 4 is 0 Å². The third-order valence-corrected chi connectivity index (χ3v) is 5.36. The van der Waals surface area contributed by atoms with Crippen molar-refractivity contribution in [3.8, 4) is 5.75 Å². The molecule has 3 rings (SSSR count). The van der Waals surface area contributed by atoms with E-state index in [0.29, 0.717) is 0 Å². The normalized spacial score (nSPS) is 16.4. The summed E-state index contributed by atoms with van der Waals surface area (Å²) < 4.78 is 13.1. The minimum absolute atomic E-state index is 0.259. The van der Waals surface area contributed by atoms with Crippen LogP contribution in [0.25, 0.3) is 0 Å². The van der Waals surface area contributed by atoms with Crippen molar-refractivity contribution < 1.29 is 9.47 Å². The molecule has 1 unspecified atom stereocenters. The number of benzene rings is 1. The van der Waals surface area contributed by atoms with Crippen molar-refractivity contribution in [2.24, 2.45) is 0 Å². The zero-order chi connectivity index (χ0) is 19.2. The first kappa shape index (κ1) is 19.9. The lowest BCUT2D eigenvalue weighted by Crippen LogP contribution is -2.35. The molecule has 0 amide bonds. The van der Waals surface area contributed by atoms with E-state index in [-0.39, 0.29) is 6.04 Å². The monoisotopic (exact) mass is 372 g/mol. The Kier molecular flexibility index (Phi) is 6.88. The van der Waals surface area contributed by atoms with Gasteiger partial charge in [-0.15, -0.1) is 0 Å². The molecule has 2 aromatic rings. The molecule has 148 valence electrons. The summed E-state index contributed by atoms with van der Waals surface area (Å²) in [7, 11) is 1.74.